The Hall–Kier alpha value is 0.330. The molecule has 0 radical (unpaired) electrons. The van der Waals surface area contributed by atoms with E-state index in [0.29, 0.717) is 0 Å². The van der Waals surface area contributed by atoms with Gasteiger partial charge in [0.05, 0.1) is 0 Å². The zero-order chi connectivity index (χ0) is 8.36. The Balaban J connectivity index is 4.00. The molecule has 0 heterocycles. The van der Waals surface area contributed by atoms with E-state index in [9.17, 15) is 4.79 Å². The van der Waals surface area contributed by atoms with Gasteiger partial charge >= 0.3 is 22.1 Å². The van der Waals surface area contributed by atoms with Gasteiger partial charge in [-0.1, -0.05) is 4.31 Å². The number of carbonyl (C=O) groups is 1. The Labute approximate surface area is 58.7 Å². The average Bonchev–Trinajstić information content (AvgIpc) is 1.60. The van der Waals surface area contributed by atoms with Crippen molar-refractivity contribution in [3.8, 4) is 0 Å². The van der Waals surface area contributed by atoms with Gasteiger partial charge in [-0.15, -0.1) is 0 Å². The maximum atomic E-state index is 10.2. The topological polar surface area (TPSA) is 107 Å². The molecule has 6 nitrogen and oxygen atoms in total. The molecule has 10 heavy (non-hydrogen) atoms. The van der Waals surface area contributed by atoms with Crippen molar-refractivity contribution in [2.24, 2.45) is 0 Å². The molecule has 0 aliphatic rings. The highest BCUT2D eigenvalue weighted by Crippen LogP contribution is 2.59. The minimum absolute atomic E-state index is 0.882. The van der Waals surface area contributed by atoms with Crippen molar-refractivity contribution in [2.45, 2.75) is 6.92 Å². The van der Waals surface area contributed by atoms with Crippen LogP contribution in [0.3, 0.4) is 0 Å². The van der Waals surface area contributed by atoms with Gasteiger partial charge in [0.25, 0.3) is 0 Å². The molecule has 0 saturated heterocycles. The fourth-order valence-corrected chi connectivity index (χ4v) is 1.43. The molecule has 0 rings (SSSR count). The third-order valence-corrected chi connectivity index (χ3v) is 2.91. The number of carbonyl (C=O) groups excluding carboxylic acids is 1. The Morgan fingerprint density at radius 1 is 1.50 bits per heavy atom. The van der Waals surface area contributed by atoms with Crippen molar-refractivity contribution < 1.29 is 28.7 Å². The molecule has 0 atom stereocenters. The molecule has 0 aromatic heterocycles. The molecular weight excluding hydrogens is 182 g/mol. The molecule has 0 aliphatic carbocycles. The lowest BCUT2D eigenvalue weighted by Crippen LogP contribution is -2.02. The van der Waals surface area contributed by atoms with Crippen LogP contribution in [-0.2, 0) is 9.11 Å². The molecule has 0 fully saturated rings. The first-order valence-electron chi connectivity index (χ1n) is 2.09. The van der Waals surface area contributed by atoms with E-state index in [0.717, 1.165) is 6.92 Å². The smallest absolute Gasteiger partial charge is 0.326 e. The second kappa shape index (κ2) is 3.64. The second-order valence-electron chi connectivity index (χ2n) is 1.40. The van der Waals surface area contributed by atoms with Crippen LogP contribution in [0.25, 0.3) is 0 Å². The van der Waals surface area contributed by atoms with Gasteiger partial charge in [-0.25, -0.2) is 4.79 Å². The number of hydrogen-bond acceptors (Lipinski definition) is 6. The van der Waals surface area contributed by atoms with E-state index in [4.69, 9.17) is 19.6 Å². The van der Waals surface area contributed by atoms with Crippen LogP contribution in [0, 0.1) is 0 Å². The predicted octanol–water partition coefficient (Wildman–Crippen LogP) is -0.492. The summed E-state index contributed by atoms with van der Waals surface area (Å²) in [6.07, 6.45) is 0. The summed E-state index contributed by atoms with van der Waals surface area (Å²) in [5.41, 5.74) is -1.01. The van der Waals surface area contributed by atoms with Crippen LogP contribution in [0.5, 0.6) is 0 Å². The van der Waals surface area contributed by atoms with Crippen molar-refractivity contribution in [1.29, 1.82) is 0 Å². The zero-order valence-electron chi connectivity index (χ0n) is 5.00. The van der Waals surface area contributed by atoms with Gasteiger partial charge in [0.1, 0.15) is 0 Å². The average molecular weight is 189 g/mol. The second-order valence-corrected chi connectivity index (χ2v) is 4.27. The molecule has 0 aliphatic heterocycles. The van der Waals surface area contributed by atoms with Gasteiger partial charge in [-0.05, 0) is 0 Å². The first-order valence-corrected chi connectivity index (χ1v) is 4.87. The van der Waals surface area contributed by atoms with Crippen LogP contribution in [0.2, 0.25) is 0 Å². The van der Waals surface area contributed by atoms with Crippen molar-refractivity contribution >= 4 is 22.1 Å². The normalized spacial score (nSPS) is 12.2. The molecule has 0 bridgehead atoms. The van der Waals surface area contributed by atoms with Crippen LogP contribution >= 0.6 is 16.5 Å². The van der Waals surface area contributed by atoms with E-state index in [-0.39, 0.29) is 0 Å². The van der Waals surface area contributed by atoms with Gasteiger partial charge in [-0.3, -0.25) is 0 Å². The van der Waals surface area contributed by atoms with Crippen molar-refractivity contribution in [2.75, 3.05) is 0 Å². The fraction of sp³-hybridized carbons (Fsp3) is 0.500. The van der Waals surface area contributed by atoms with Crippen LogP contribution in [0.1, 0.15) is 6.92 Å². The molecule has 60 valence electrons. The van der Waals surface area contributed by atoms with Crippen LogP contribution < -0.4 is 0 Å². The molecule has 0 amide bonds. The van der Waals surface area contributed by atoms with Gasteiger partial charge in [0.15, 0.2) is 0 Å². The lowest BCUT2D eigenvalue weighted by atomic mass is 10.9. The zero-order valence-corrected chi connectivity index (χ0v) is 6.79. The van der Waals surface area contributed by atoms with Crippen LogP contribution in [0.4, 0.5) is 0 Å². The minimum Gasteiger partial charge on any atom is -0.326 e. The Morgan fingerprint density at radius 3 is 2.00 bits per heavy atom. The summed E-state index contributed by atoms with van der Waals surface area (Å²) in [5.74, 6) is 0. The summed E-state index contributed by atoms with van der Waals surface area (Å²) in [7, 11) is -7.07. The standard InChI is InChI=1S/C2H7O6P2/c1-2(3)10(6,7)8-9(4)5/h4-7H,1H3/q+1. The SMILES string of the molecule is CC(=O)[P+](O)(O)OP(O)O. The summed E-state index contributed by atoms with van der Waals surface area (Å²) >= 11 is 0. The molecule has 0 spiro atoms. The number of hydrogen-bond donors (Lipinski definition) is 4. The summed E-state index contributed by atoms with van der Waals surface area (Å²) in [6.45, 7) is 0.882. The molecule has 0 aromatic rings. The summed E-state index contributed by atoms with van der Waals surface area (Å²) in [6, 6.07) is 0. The molecule has 0 aromatic carbocycles. The summed E-state index contributed by atoms with van der Waals surface area (Å²) in [4.78, 5) is 43.5. The fourth-order valence-electron chi connectivity index (χ4n) is 0.159. The molecule has 0 unspecified atom stereocenters. The van der Waals surface area contributed by atoms with Gasteiger partial charge < -0.3 is 9.79 Å². The molecule has 8 heteroatoms. The molecule has 4 N–H and O–H groups in total. The van der Waals surface area contributed by atoms with E-state index < -0.39 is 22.1 Å². The summed E-state index contributed by atoms with van der Waals surface area (Å²) < 4.78 is 3.75. The number of rotatable bonds is 3. The van der Waals surface area contributed by atoms with Gasteiger partial charge in [-0.2, -0.15) is 9.79 Å². The third-order valence-electron chi connectivity index (χ3n) is 0.597. The third kappa shape index (κ3) is 3.49. The van der Waals surface area contributed by atoms with E-state index in [1.54, 1.807) is 0 Å². The van der Waals surface area contributed by atoms with Crippen molar-refractivity contribution in [3.63, 3.8) is 0 Å². The molecular formula is C2H7O6P2+. The lowest BCUT2D eigenvalue weighted by molar-refractivity contribution is -0.112. The first-order chi connectivity index (χ1) is 4.36. The van der Waals surface area contributed by atoms with Gasteiger partial charge in [0.2, 0.25) is 0 Å². The van der Waals surface area contributed by atoms with E-state index in [1.807, 2.05) is 0 Å². The Kier molecular flexibility index (Phi) is 3.76. The monoisotopic (exact) mass is 189 g/mol. The maximum absolute atomic E-state index is 10.2. The highest BCUT2D eigenvalue weighted by Gasteiger charge is 2.46. The lowest BCUT2D eigenvalue weighted by Gasteiger charge is -2.05. The van der Waals surface area contributed by atoms with Crippen molar-refractivity contribution in [1.82, 2.24) is 0 Å². The highest BCUT2D eigenvalue weighted by atomic mass is 31.3. The van der Waals surface area contributed by atoms with E-state index in [1.165, 1.54) is 0 Å². The highest BCUT2D eigenvalue weighted by molar-refractivity contribution is 7.80. The van der Waals surface area contributed by atoms with E-state index >= 15 is 0 Å². The molecule has 0 saturated carbocycles. The largest absolute Gasteiger partial charge is 0.488 e. The van der Waals surface area contributed by atoms with Crippen molar-refractivity contribution in [3.05, 3.63) is 0 Å². The van der Waals surface area contributed by atoms with Gasteiger partial charge in [0, 0.05) is 6.92 Å². The maximum Gasteiger partial charge on any atom is 0.488 e. The quantitative estimate of drug-likeness (QED) is 0.446. The van der Waals surface area contributed by atoms with E-state index in [2.05, 4.69) is 4.31 Å². The minimum atomic E-state index is -4.18. The Morgan fingerprint density at radius 2 is 1.90 bits per heavy atom. The Bertz CT molecular complexity index is 132. The van der Waals surface area contributed by atoms with Crippen LogP contribution in [0.15, 0.2) is 0 Å². The van der Waals surface area contributed by atoms with Crippen LogP contribution in [-0.4, -0.2) is 25.1 Å². The predicted molar refractivity (Wildman–Crippen MR) is 34.5 cm³/mol. The summed E-state index contributed by atoms with van der Waals surface area (Å²) in [5, 5.41) is 0. The first kappa shape index (κ1) is 10.3.